The zero-order chi connectivity index (χ0) is 15.1. The molecule has 0 radical (unpaired) electrons. The molecule has 0 heterocycles. The van der Waals surface area contributed by atoms with E-state index in [1.807, 2.05) is 60.7 Å². The number of benzene rings is 2. The predicted molar refractivity (Wildman–Crippen MR) is 82.9 cm³/mol. The third-order valence-corrected chi connectivity index (χ3v) is 3.10. The zero-order valence-corrected chi connectivity index (χ0v) is 12.0. The van der Waals surface area contributed by atoms with E-state index in [-0.39, 0.29) is 18.6 Å². The van der Waals surface area contributed by atoms with Crippen molar-refractivity contribution in [2.45, 2.75) is 19.1 Å². The van der Waals surface area contributed by atoms with Gasteiger partial charge in [0, 0.05) is 6.54 Å². The first-order valence-corrected chi connectivity index (χ1v) is 6.99. The maximum absolute atomic E-state index is 12.0. The van der Waals surface area contributed by atoms with Gasteiger partial charge < -0.3 is 15.7 Å². The van der Waals surface area contributed by atoms with Gasteiger partial charge in [-0.2, -0.15) is 0 Å². The Morgan fingerprint density at radius 2 is 1.48 bits per heavy atom. The monoisotopic (exact) mass is 284 g/mol. The van der Waals surface area contributed by atoms with Crippen LogP contribution in [0, 0.1) is 0 Å². The van der Waals surface area contributed by atoms with E-state index in [4.69, 9.17) is 0 Å². The lowest BCUT2D eigenvalue weighted by molar-refractivity contribution is 0.187. The average Bonchev–Trinajstić information content (AvgIpc) is 2.52. The molecule has 0 saturated carbocycles. The van der Waals surface area contributed by atoms with Crippen molar-refractivity contribution < 1.29 is 9.90 Å². The molecule has 2 aromatic rings. The standard InChI is InChI=1S/C17H20N2O2/c1-13(20)12-18-17(21)19-16(14-8-4-2-5-9-14)15-10-6-3-7-11-15/h2-11,13,16,20H,12H2,1H3,(H2,18,19,21). The van der Waals surface area contributed by atoms with Crippen molar-refractivity contribution in [1.29, 1.82) is 0 Å². The molecule has 110 valence electrons. The number of nitrogens with one attached hydrogen (secondary N) is 2. The highest BCUT2D eigenvalue weighted by atomic mass is 16.3. The first-order valence-electron chi connectivity index (χ1n) is 6.99. The van der Waals surface area contributed by atoms with E-state index in [0.717, 1.165) is 11.1 Å². The van der Waals surface area contributed by atoms with Crippen molar-refractivity contribution >= 4 is 6.03 Å². The van der Waals surface area contributed by atoms with Crippen LogP contribution in [0.5, 0.6) is 0 Å². The van der Waals surface area contributed by atoms with E-state index < -0.39 is 6.10 Å². The smallest absolute Gasteiger partial charge is 0.315 e. The van der Waals surface area contributed by atoms with Crippen molar-refractivity contribution in [2.75, 3.05) is 6.54 Å². The molecule has 2 aromatic carbocycles. The number of aliphatic hydroxyl groups excluding tert-OH is 1. The third kappa shape index (κ3) is 4.61. The lowest BCUT2D eigenvalue weighted by Gasteiger charge is -2.20. The van der Waals surface area contributed by atoms with Gasteiger partial charge in [0.2, 0.25) is 0 Å². The van der Waals surface area contributed by atoms with Gasteiger partial charge in [-0.1, -0.05) is 60.7 Å². The molecule has 1 atom stereocenters. The average molecular weight is 284 g/mol. The van der Waals surface area contributed by atoms with Crippen LogP contribution in [0.1, 0.15) is 24.1 Å². The Morgan fingerprint density at radius 1 is 1.00 bits per heavy atom. The molecule has 21 heavy (non-hydrogen) atoms. The fourth-order valence-electron chi connectivity index (χ4n) is 2.07. The van der Waals surface area contributed by atoms with E-state index in [2.05, 4.69) is 10.6 Å². The number of carbonyl (C=O) groups is 1. The summed E-state index contributed by atoms with van der Waals surface area (Å²) in [5.74, 6) is 0. The zero-order valence-electron chi connectivity index (χ0n) is 12.0. The number of aliphatic hydroxyl groups is 1. The second kappa shape index (κ2) is 7.45. The Hall–Kier alpha value is -2.33. The Kier molecular flexibility index (Phi) is 5.35. The molecule has 0 bridgehead atoms. The minimum absolute atomic E-state index is 0.221. The van der Waals surface area contributed by atoms with E-state index in [1.165, 1.54) is 0 Å². The molecule has 0 saturated heterocycles. The van der Waals surface area contributed by atoms with Gasteiger partial charge >= 0.3 is 6.03 Å². The fourth-order valence-corrected chi connectivity index (χ4v) is 2.07. The highest BCUT2D eigenvalue weighted by Crippen LogP contribution is 2.21. The van der Waals surface area contributed by atoms with E-state index in [9.17, 15) is 9.90 Å². The molecule has 0 aromatic heterocycles. The van der Waals surface area contributed by atoms with Crippen LogP contribution in [0.3, 0.4) is 0 Å². The molecule has 0 aliphatic carbocycles. The topological polar surface area (TPSA) is 61.4 Å². The summed E-state index contributed by atoms with van der Waals surface area (Å²) in [6.07, 6.45) is -0.567. The molecule has 0 aliphatic rings. The molecular formula is C17H20N2O2. The van der Waals surface area contributed by atoms with Gasteiger partial charge in [0.05, 0.1) is 12.1 Å². The lowest BCUT2D eigenvalue weighted by atomic mass is 9.99. The Labute approximate surface area is 124 Å². The second-order valence-corrected chi connectivity index (χ2v) is 4.96. The normalized spacial score (nSPS) is 12.0. The first kappa shape index (κ1) is 15.1. The highest BCUT2D eigenvalue weighted by molar-refractivity contribution is 5.75. The van der Waals surface area contributed by atoms with Crippen LogP contribution < -0.4 is 10.6 Å². The van der Waals surface area contributed by atoms with Crippen LogP contribution in [0.2, 0.25) is 0 Å². The van der Waals surface area contributed by atoms with Gasteiger partial charge in [-0.25, -0.2) is 4.79 Å². The van der Waals surface area contributed by atoms with Crippen LogP contribution >= 0.6 is 0 Å². The van der Waals surface area contributed by atoms with Crippen LogP contribution in [0.4, 0.5) is 4.79 Å². The fraction of sp³-hybridized carbons (Fsp3) is 0.235. The number of amides is 2. The Bertz CT molecular complexity index is 516. The number of rotatable bonds is 5. The molecule has 4 nitrogen and oxygen atoms in total. The summed E-state index contributed by atoms with van der Waals surface area (Å²) < 4.78 is 0. The molecular weight excluding hydrogens is 264 g/mol. The first-order chi connectivity index (χ1) is 10.2. The maximum atomic E-state index is 12.0. The minimum atomic E-state index is -0.567. The Balaban J connectivity index is 2.16. The second-order valence-electron chi connectivity index (χ2n) is 4.96. The van der Waals surface area contributed by atoms with Gasteiger partial charge in [-0.15, -0.1) is 0 Å². The van der Waals surface area contributed by atoms with Crippen molar-refractivity contribution in [3.05, 3.63) is 71.8 Å². The van der Waals surface area contributed by atoms with Gasteiger partial charge in [0.25, 0.3) is 0 Å². The third-order valence-electron chi connectivity index (χ3n) is 3.10. The Morgan fingerprint density at radius 3 is 1.90 bits per heavy atom. The molecule has 3 N–H and O–H groups in total. The largest absolute Gasteiger partial charge is 0.392 e. The summed E-state index contributed by atoms with van der Waals surface area (Å²) in [6.45, 7) is 1.86. The predicted octanol–water partition coefficient (Wildman–Crippen LogP) is 2.46. The van der Waals surface area contributed by atoms with Gasteiger partial charge in [0.1, 0.15) is 0 Å². The molecule has 4 heteroatoms. The SMILES string of the molecule is CC(O)CNC(=O)NC(c1ccccc1)c1ccccc1. The van der Waals surface area contributed by atoms with Crippen molar-refractivity contribution in [2.24, 2.45) is 0 Å². The summed E-state index contributed by atoms with van der Waals surface area (Å²) in [6, 6.07) is 19.1. The number of hydrogen-bond donors (Lipinski definition) is 3. The van der Waals surface area contributed by atoms with Gasteiger partial charge in [0.15, 0.2) is 0 Å². The molecule has 0 aliphatic heterocycles. The minimum Gasteiger partial charge on any atom is -0.392 e. The molecule has 0 spiro atoms. The maximum Gasteiger partial charge on any atom is 0.315 e. The van der Waals surface area contributed by atoms with Crippen molar-refractivity contribution in [1.82, 2.24) is 10.6 Å². The van der Waals surface area contributed by atoms with Gasteiger partial charge in [-0.05, 0) is 18.1 Å². The summed E-state index contributed by atoms with van der Waals surface area (Å²) in [4.78, 5) is 12.0. The van der Waals surface area contributed by atoms with E-state index >= 15 is 0 Å². The van der Waals surface area contributed by atoms with Crippen LogP contribution in [0.15, 0.2) is 60.7 Å². The molecule has 1 unspecified atom stereocenters. The summed E-state index contributed by atoms with van der Waals surface area (Å²) in [7, 11) is 0. The summed E-state index contributed by atoms with van der Waals surface area (Å²) in [5, 5.41) is 14.8. The van der Waals surface area contributed by atoms with Crippen LogP contribution in [0.25, 0.3) is 0 Å². The molecule has 0 fully saturated rings. The molecule has 2 amide bonds. The summed E-state index contributed by atoms with van der Waals surface area (Å²) in [5.41, 5.74) is 2.02. The van der Waals surface area contributed by atoms with Gasteiger partial charge in [-0.3, -0.25) is 0 Å². The highest BCUT2D eigenvalue weighted by Gasteiger charge is 2.16. The van der Waals surface area contributed by atoms with E-state index in [1.54, 1.807) is 6.92 Å². The summed E-state index contributed by atoms with van der Waals surface area (Å²) >= 11 is 0. The van der Waals surface area contributed by atoms with Crippen LogP contribution in [-0.2, 0) is 0 Å². The number of urea groups is 1. The van der Waals surface area contributed by atoms with Crippen molar-refractivity contribution in [3.8, 4) is 0 Å². The van der Waals surface area contributed by atoms with E-state index in [0.29, 0.717) is 0 Å². The lowest BCUT2D eigenvalue weighted by Crippen LogP contribution is -2.41. The quantitative estimate of drug-likeness (QED) is 0.790. The molecule has 2 rings (SSSR count). The number of hydrogen-bond acceptors (Lipinski definition) is 2. The van der Waals surface area contributed by atoms with Crippen molar-refractivity contribution in [3.63, 3.8) is 0 Å². The number of carbonyl (C=O) groups excluding carboxylic acids is 1. The van der Waals surface area contributed by atoms with Crippen LogP contribution in [-0.4, -0.2) is 23.8 Å².